The first-order valence-electron chi connectivity index (χ1n) is 12.8. The van der Waals surface area contributed by atoms with Crippen LogP contribution in [0.15, 0.2) is 0 Å². The van der Waals surface area contributed by atoms with Crippen LogP contribution in [-0.2, 0) is 10.3 Å². The number of nitrogens with one attached hydrogen (secondary N) is 1. The van der Waals surface area contributed by atoms with Crippen LogP contribution in [0.4, 0.5) is 0 Å². The molecule has 1 aromatic rings. The molecule has 0 aromatic carbocycles. The molecule has 1 aromatic heterocycles. The van der Waals surface area contributed by atoms with Gasteiger partial charge in [0.15, 0.2) is 5.82 Å². The Morgan fingerprint density at radius 1 is 1.06 bits per heavy atom. The largest absolute Gasteiger partial charge is 0.340 e. The summed E-state index contributed by atoms with van der Waals surface area (Å²) in [6, 6.07) is 0.401. The molecular weight excluding hydrogens is 390 g/mol. The SMILES string of the molecule is CCC(=O)N1CCCC(NCCCN2CCCCCC2)(c2nnnn2C2CCCC2)C1. The number of likely N-dealkylation sites (tertiary alicyclic amines) is 2. The summed E-state index contributed by atoms with van der Waals surface area (Å²) in [4.78, 5) is 17.2. The number of amides is 1. The molecule has 1 unspecified atom stereocenters. The minimum atomic E-state index is -0.339. The molecule has 31 heavy (non-hydrogen) atoms. The van der Waals surface area contributed by atoms with Crippen molar-refractivity contribution >= 4 is 5.91 Å². The lowest BCUT2D eigenvalue weighted by Crippen LogP contribution is -2.57. The first-order valence-corrected chi connectivity index (χ1v) is 12.8. The summed E-state index contributed by atoms with van der Waals surface area (Å²) >= 11 is 0. The average Bonchev–Trinajstić information content (AvgIpc) is 3.44. The third kappa shape index (κ3) is 5.45. The van der Waals surface area contributed by atoms with Crippen LogP contribution in [0.1, 0.15) is 95.8 Å². The maximum atomic E-state index is 12.6. The van der Waals surface area contributed by atoms with Crippen LogP contribution in [0.5, 0.6) is 0 Å². The number of rotatable bonds is 8. The van der Waals surface area contributed by atoms with E-state index in [9.17, 15) is 4.79 Å². The number of hydrogen-bond acceptors (Lipinski definition) is 6. The highest BCUT2D eigenvalue weighted by atomic mass is 16.2. The van der Waals surface area contributed by atoms with Gasteiger partial charge in [0.2, 0.25) is 5.91 Å². The Labute approximate surface area is 187 Å². The molecule has 0 spiro atoms. The average molecular weight is 432 g/mol. The highest BCUT2D eigenvalue weighted by molar-refractivity contribution is 5.76. The number of hydrogen-bond donors (Lipinski definition) is 1. The summed E-state index contributed by atoms with van der Waals surface area (Å²) in [5.41, 5.74) is -0.339. The number of aromatic nitrogens is 4. The fourth-order valence-electron chi connectivity index (χ4n) is 5.79. The number of carbonyl (C=O) groups is 1. The van der Waals surface area contributed by atoms with Crippen molar-refractivity contribution in [3.63, 3.8) is 0 Å². The zero-order valence-corrected chi connectivity index (χ0v) is 19.4. The molecular formula is C23H41N7O. The Kier molecular flexibility index (Phi) is 7.93. The molecule has 1 aliphatic carbocycles. The van der Waals surface area contributed by atoms with Crippen molar-refractivity contribution in [2.75, 3.05) is 39.3 Å². The molecule has 0 bridgehead atoms. The van der Waals surface area contributed by atoms with E-state index in [0.29, 0.717) is 19.0 Å². The third-order valence-corrected chi connectivity index (χ3v) is 7.55. The maximum absolute atomic E-state index is 12.6. The summed E-state index contributed by atoms with van der Waals surface area (Å²) < 4.78 is 2.09. The lowest BCUT2D eigenvalue weighted by atomic mass is 9.87. The van der Waals surface area contributed by atoms with Crippen molar-refractivity contribution in [1.82, 2.24) is 35.3 Å². The highest BCUT2D eigenvalue weighted by Gasteiger charge is 2.43. The molecule has 2 saturated heterocycles. The van der Waals surface area contributed by atoms with E-state index in [4.69, 9.17) is 0 Å². The van der Waals surface area contributed by atoms with E-state index < -0.39 is 0 Å². The predicted octanol–water partition coefficient (Wildman–Crippen LogP) is 2.87. The van der Waals surface area contributed by atoms with Crippen LogP contribution in [0.2, 0.25) is 0 Å². The second-order valence-corrected chi connectivity index (χ2v) is 9.78. The second kappa shape index (κ2) is 10.9. The summed E-state index contributed by atoms with van der Waals surface area (Å²) in [5, 5.41) is 17.0. The molecule has 1 atom stereocenters. The van der Waals surface area contributed by atoms with E-state index in [1.165, 1.54) is 51.6 Å². The van der Waals surface area contributed by atoms with Gasteiger partial charge in [-0.1, -0.05) is 32.6 Å². The standard InChI is InChI=1S/C23H41N7O/c1-2-21(31)29-18-9-13-23(19-29,22-25-26-27-30(22)20-11-5-6-12-20)24-14-10-17-28-15-7-3-4-8-16-28/h20,24H,2-19H2,1H3. The Bertz CT molecular complexity index is 694. The highest BCUT2D eigenvalue weighted by Crippen LogP contribution is 2.35. The molecule has 8 nitrogen and oxygen atoms in total. The lowest BCUT2D eigenvalue weighted by Gasteiger charge is -2.43. The number of carbonyl (C=O) groups excluding carboxylic acids is 1. The molecule has 174 valence electrons. The van der Waals surface area contributed by atoms with Crippen LogP contribution in [0.3, 0.4) is 0 Å². The van der Waals surface area contributed by atoms with Crippen LogP contribution in [0, 0.1) is 0 Å². The Hall–Kier alpha value is -1.54. The van der Waals surface area contributed by atoms with E-state index in [1.807, 2.05) is 11.8 Å². The van der Waals surface area contributed by atoms with E-state index in [2.05, 4.69) is 30.4 Å². The number of piperidine rings is 1. The monoisotopic (exact) mass is 431 g/mol. The number of tetrazole rings is 1. The third-order valence-electron chi connectivity index (χ3n) is 7.55. The Morgan fingerprint density at radius 3 is 2.58 bits per heavy atom. The van der Waals surface area contributed by atoms with Crippen molar-refractivity contribution in [2.45, 2.75) is 95.6 Å². The predicted molar refractivity (Wildman–Crippen MR) is 121 cm³/mol. The molecule has 8 heteroatoms. The molecule has 3 heterocycles. The quantitative estimate of drug-likeness (QED) is 0.638. The molecule has 3 fully saturated rings. The Balaban J connectivity index is 1.47. The van der Waals surface area contributed by atoms with Gasteiger partial charge in [-0.3, -0.25) is 4.79 Å². The van der Waals surface area contributed by atoms with Gasteiger partial charge in [0.25, 0.3) is 0 Å². The normalized spacial score (nSPS) is 26.3. The molecule has 2 aliphatic heterocycles. The molecule has 4 rings (SSSR count). The Morgan fingerprint density at radius 2 is 1.84 bits per heavy atom. The smallest absolute Gasteiger partial charge is 0.222 e. The summed E-state index contributed by atoms with van der Waals surface area (Å²) in [7, 11) is 0. The van der Waals surface area contributed by atoms with Crippen molar-refractivity contribution < 1.29 is 4.79 Å². The fraction of sp³-hybridized carbons (Fsp3) is 0.913. The van der Waals surface area contributed by atoms with Gasteiger partial charge in [-0.05, 0) is 81.6 Å². The van der Waals surface area contributed by atoms with Crippen molar-refractivity contribution in [3.05, 3.63) is 5.82 Å². The van der Waals surface area contributed by atoms with Crippen LogP contribution >= 0.6 is 0 Å². The van der Waals surface area contributed by atoms with Gasteiger partial charge >= 0.3 is 0 Å². The van der Waals surface area contributed by atoms with Crippen molar-refractivity contribution in [1.29, 1.82) is 0 Å². The zero-order chi connectivity index (χ0) is 21.5. The minimum Gasteiger partial charge on any atom is -0.340 e. The summed E-state index contributed by atoms with van der Waals surface area (Å²) in [6.45, 7) is 8.03. The van der Waals surface area contributed by atoms with E-state index >= 15 is 0 Å². The van der Waals surface area contributed by atoms with Gasteiger partial charge in [-0.2, -0.15) is 0 Å². The molecule has 1 N–H and O–H groups in total. The fourth-order valence-corrected chi connectivity index (χ4v) is 5.79. The first kappa shape index (κ1) is 22.6. The second-order valence-electron chi connectivity index (χ2n) is 9.78. The van der Waals surface area contributed by atoms with Gasteiger partial charge in [0, 0.05) is 19.5 Å². The topological polar surface area (TPSA) is 79.2 Å². The summed E-state index contributed by atoms with van der Waals surface area (Å²) in [6.07, 6.45) is 13.9. The van der Waals surface area contributed by atoms with E-state index in [-0.39, 0.29) is 11.4 Å². The van der Waals surface area contributed by atoms with Crippen molar-refractivity contribution in [3.8, 4) is 0 Å². The molecule has 1 saturated carbocycles. The zero-order valence-electron chi connectivity index (χ0n) is 19.4. The lowest BCUT2D eigenvalue weighted by molar-refractivity contribution is -0.133. The van der Waals surface area contributed by atoms with Gasteiger partial charge < -0.3 is 15.1 Å². The van der Waals surface area contributed by atoms with Gasteiger partial charge in [0.1, 0.15) is 0 Å². The first-order chi connectivity index (χ1) is 15.2. The van der Waals surface area contributed by atoms with E-state index in [0.717, 1.165) is 57.6 Å². The van der Waals surface area contributed by atoms with Gasteiger partial charge in [0.05, 0.1) is 11.6 Å². The number of nitrogens with zero attached hydrogens (tertiary/aromatic N) is 6. The summed E-state index contributed by atoms with van der Waals surface area (Å²) in [5.74, 6) is 1.18. The maximum Gasteiger partial charge on any atom is 0.222 e. The van der Waals surface area contributed by atoms with E-state index in [1.54, 1.807) is 0 Å². The van der Waals surface area contributed by atoms with Crippen LogP contribution in [-0.4, -0.2) is 75.2 Å². The van der Waals surface area contributed by atoms with Gasteiger partial charge in [-0.15, -0.1) is 5.10 Å². The van der Waals surface area contributed by atoms with Gasteiger partial charge in [-0.25, -0.2) is 4.68 Å². The molecule has 3 aliphatic rings. The van der Waals surface area contributed by atoms with Crippen LogP contribution < -0.4 is 5.32 Å². The molecule has 1 amide bonds. The minimum absolute atomic E-state index is 0.232. The van der Waals surface area contributed by atoms with Crippen molar-refractivity contribution in [2.24, 2.45) is 0 Å². The van der Waals surface area contributed by atoms with Crippen LogP contribution in [0.25, 0.3) is 0 Å². The molecule has 0 radical (unpaired) electrons.